The number of hydrogen-bond donors (Lipinski definition) is 1. The van der Waals surface area contributed by atoms with Gasteiger partial charge in [-0.1, -0.05) is 0 Å². The molecule has 0 spiro atoms. The quantitative estimate of drug-likeness (QED) is 0.930. The zero-order valence-electron chi connectivity index (χ0n) is 11.8. The van der Waals surface area contributed by atoms with Gasteiger partial charge >= 0.3 is 6.18 Å². The second-order valence-electron chi connectivity index (χ2n) is 5.09. The van der Waals surface area contributed by atoms with E-state index in [4.69, 9.17) is 4.74 Å². The van der Waals surface area contributed by atoms with Gasteiger partial charge in [-0.2, -0.15) is 18.3 Å². The summed E-state index contributed by atoms with van der Waals surface area (Å²) in [4.78, 5) is 15.6. The molecule has 1 fully saturated rings. The van der Waals surface area contributed by atoms with Crippen molar-refractivity contribution in [2.24, 2.45) is 0 Å². The average Bonchev–Trinajstić information content (AvgIpc) is 2.95. The Labute approximate surface area is 128 Å². The highest BCUT2D eigenvalue weighted by atomic mass is 19.4. The minimum atomic E-state index is -4.42. The van der Waals surface area contributed by atoms with Crippen LogP contribution < -0.4 is 10.9 Å². The maximum Gasteiger partial charge on any atom is 0.417 e. The molecule has 0 radical (unpaired) electrons. The fourth-order valence-electron chi connectivity index (χ4n) is 2.38. The second kappa shape index (κ2) is 5.99. The van der Waals surface area contributed by atoms with E-state index in [-0.39, 0.29) is 30.1 Å². The highest BCUT2D eigenvalue weighted by Gasteiger charge is 2.33. The summed E-state index contributed by atoms with van der Waals surface area (Å²) in [6.07, 6.45) is -2.17. The number of pyridine rings is 1. The number of halogens is 3. The van der Waals surface area contributed by atoms with Crippen LogP contribution in [0.3, 0.4) is 0 Å². The lowest BCUT2D eigenvalue weighted by Crippen LogP contribution is -2.37. The molecule has 122 valence electrons. The lowest BCUT2D eigenvalue weighted by molar-refractivity contribution is -0.137. The van der Waals surface area contributed by atoms with E-state index in [9.17, 15) is 18.0 Å². The topological polar surface area (TPSA) is 69.0 Å². The van der Waals surface area contributed by atoms with Crippen LogP contribution in [0.25, 0.3) is 0 Å². The molecule has 0 amide bonds. The maximum absolute atomic E-state index is 12.5. The summed E-state index contributed by atoms with van der Waals surface area (Å²) in [6.45, 7) is 0.589. The molecule has 9 heteroatoms. The first kappa shape index (κ1) is 15.5. The Morgan fingerprint density at radius 3 is 2.74 bits per heavy atom. The van der Waals surface area contributed by atoms with Crippen molar-refractivity contribution in [2.75, 3.05) is 18.5 Å². The minimum Gasteiger partial charge on any atom is -0.377 e. The lowest BCUT2D eigenvalue weighted by Gasteiger charge is -2.20. The van der Waals surface area contributed by atoms with Crippen molar-refractivity contribution in [3.8, 4) is 0 Å². The molecule has 2 atom stereocenters. The van der Waals surface area contributed by atoms with Gasteiger partial charge in [-0.15, -0.1) is 0 Å². The second-order valence-corrected chi connectivity index (χ2v) is 5.09. The SMILES string of the molecule is O=c1cccnn1C1COCC1Nc1ccc(C(F)(F)F)cn1. The number of rotatable bonds is 3. The highest BCUT2D eigenvalue weighted by Crippen LogP contribution is 2.29. The Kier molecular flexibility index (Phi) is 4.03. The van der Waals surface area contributed by atoms with Gasteiger partial charge in [0.05, 0.1) is 24.8 Å². The van der Waals surface area contributed by atoms with E-state index >= 15 is 0 Å². The predicted molar refractivity (Wildman–Crippen MR) is 75.0 cm³/mol. The fraction of sp³-hybridized carbons (Fsp3) is 0.357. The Morgan fingerprint density at radius 1 is 1.26 bits per heavy atom. The van der Waals surface area contributed by atoms with Crippen molar-refractivity contribution in [2.45, 2.75) is 18.3 Å². The molecule has 3 heterocycles. The third-order valence-electron chi connectivity index (χ3n) is 3.53. The van der Waals surface area contributed by atoms with E-state index in [1.807, 2.05) is 0 Å². The number of aromatic nitrogens is 3. The summed E-state index contributed by atoms with van der Waals surface area (Å²) in [6, 6.07) is 4.46. The van der Waals surface area contributed by atoms with Crippen molar-refractivity contribution in [3.63, 3.8) is 0 Å². The normalized spacial score (nSPS) is 21.3. The number of anilines is 1. The van der Waals surface area contributed by atoms with E-state index in [2.05, 4.69) is 15.4 Å². The van der Waals surface area contributed by atoms with Gasteiger partial charge in [-0.3, -0.25) is 4.79 Å². The molecule has 1 aliphatic heterocycles. The van der Waals surface area contributed by atoms with Crippen molar-refractivity contribution in [1.82, 2.24) is 14.8 Å². The molecule has 0 bridgehead atoms. The number of nitrogens with one attached hydrogen (secondary N) is 1. The molecule has 23 heavy (non-hydrogen) atoms. The minimum absolute atomic E-state index is 0.268. The third-order valence-corrected chi connectivity index (χ3v) is 3.53. The van der Waals surface area contributed by atoms with Crippen molar-refractivity contribution < 1.29 is 17.9 Å². The number of hydrogen-bond acceptors (Lipinski definition) is 5. The summed E-state index contributed by atoms with van der Waals surface area (Å²) in [5.41, 5.74) is -1.08. The van der Waals surface area contributed by atoms with E-state index in [0.29, 0.717) is 6.61 Å². The molecule has 0 aromatic carbocycles. The van der Waals surface area contributed by atoms with Crippen LogP contribution in [0.5, 0.6) is 0 Å². The van der Waals surface area contributed by atoms with Gasteiger partial charge < -0.3 is 10.1 Å². The lowest BCUT2D eigenvalue weighted by atomic mass is 10.1. The van der Waals surface area contributed by atoms with Crippen LogP contribution in [0.2, 0.25) is 0 Å². The van der Waals surface area contributed by atoms with Gasteiger partial charge in [0.25, 0.3) is 5.56 Å². The van der Waals surface area contributed by atoms with Gasteiger partial charge in [0.2, 0.25) is 0 Å². The molecular weight excluding hydrogens is 313 g/mol. The zero-order chi connectivity index (χ0) is 16.4. The third kappa shape index (κ3) is 3.34. The van der Waals surface area contributed by atoms with Crippen LogP contribution in [-0.4, -0.2) is 34.0 Å². The molecule has 1 aliphatic rings. The molecule has 3 rings (SSSR count). The fourth-order valence-corrected chi connectivity index (χ4v) is 2.38. The van der Waals surface area contributed by atoms with Gasteiger partial charge in [-0.05, 0) is 18.2 Å². The molecule has 6 nitrogen and oxygen atoms in total. The summed E-state index contributed by atoms with van der Waals surface area (Å²) in [5.74, 6) is 0.280. The van der Waals surface area contributed by atoms with Gasteiger partial charge in [0.15, 0.2) is 0 Å². The Bertz CT molecular complexity index is 730. The molecule has 2 unspecified atom stereocenters. The first-order valence-corrected chi connectivity index (χ1v) is 6.86. The molecular formula is C14H13F3N4O2. The van der Waals surface area contributed by atoms with Crippen LogP contribution in [0.4, 0.5) is 19.0 Å². The van der Waals surface area contributed by atoms with Crippen molar-refractivity contribution in [1.29, 1.82) is 0 Å². The van der Waals surface area contributed by atoms with Gasteiger partial charge in [0, 0.05) is 18.5 Å². The van der Waals surface area contributed by atoms with Crippen LogP contribution in [0.15, 0.2) is 41.5 Å². The summed E-state index contributed by atoms with van der Waals surface area (Å²) in [5, 5.41) is 7.01. The Morgan fingerprint density at radius 2 is 2.09 bits per heavy atom. The van der Waals surface area contributed by atoms with E-state index in [1.54, 1.807) is 0 Å². The number of nitrogens with zero attached hydrogens (tertiary/aromatic N) is 3. The molecule has 2 aromatic heterocycles. The Hall–Kier alpha value is -2.42. The van der Waals surface area contributed by atoms with Crippen LogP contribution in [0.1, 0.15) is 11.6 Å². The first-order chi connectivity index (χ1) is 10.9. The van der Waals surface area contributed by atoms with Crippen molar-refractivity contribution in [3.05, 3.63) is 52.6 Å². The van der Waals surface area contributed by atoms with Crippen LogP contribution in [-0.2, 0) is 10.9 Å². The van der Waals surface area contributed by atoms with Crippen LogP contribution >= 0.6 is 0 Å². The standard InChI is InChI=1S/C14H13F3N4O2/c15-14(16,17)9-3-4-12(18-6-9)20-10-7-23-8-11(10)21-13(22)2-1-5-19-21/h1-6,10-11H,7-8H2,(H,18,20). The Balaban J connectivity index is 1.77. The monoisotopic (exact) mass is 326 g/mol. The average molecular weight is 326 g/mol. The van der Waals surface area contributed by atoms with E-state index in [1.165, 1.54) is 29.1 Å². The molecule has 2 aromatic rings. The van der Waals surface area contributed by atoms with E-state index < -0.39 is 11.7 Å². The van der Waals surface area contributed by atoms with Gasteiger partial charge in [-0.25, -0.2) is 9.67 Å². The molecule has 0 aliphatic carbocycles. The smallest absolute Gasteiger partial charge is 0.377 e. The first-order valence-electron chi connectivity index (χ1n) is 6.86. The van der Waals surface area contributed by atoms with Crippen molar-refractivity contribution >= 4 is 5.82 Å². The van der Waals surface area contributed by atoms with Gasteiger partial charge in [0.1, 0.15) is 11.9 Å². The zero-order valence-corrected chi connectivity index (χ0v) is 11.8. The molecule has 1 N–H and O–H groups in total. The molecule has 0 saturated carbocycles. The highest BCUT2D eigenvalue weighted by molar-refractivity contribution is 5.38. The van der Waals surface area contributed by atoms with Crippen LogP contribution in [0, 0.1) is 0 Å². The number of ether oxygens (including phenoxy) is 1. The maximum atomic E-state index is 12.5. The van der Waals surface area contributed by atoms with E-state index in [0.717, 1.165) is 12.3 Å². The number of alkyl halides is 3. The predicted octanol–water partition coefficient (Wildman–Crippen LogP) is 1.71. The summed E-state index contributed by atoms with van der Waals surface area (Å²) < 4.78 is 44.2. The largest absolute Gasteiger partial charge is 0.417 e. The summed E-state index contributed by atoms with van der Waals surface area (Å²) in [7, 11) is 0. The summed E-state index contributed by atoms with van der Waals surface area (Å²) >= 11 is 0. The molecule has 1 saturated heterocycles.